The van der Waals surface area contributed by atoms with E-state index in [0.29, 0.717) is 13.2 Å². The van der Waals surface area contributed by atoms with Crippen LogP contribution in [0.1, 0.15) is 25.3 Å². The first kappa shape index (κ1) is 14.5. The number of nitrogens with one attached hydrogen (secondary N) is 1. The predicted molar refractivity (Wildman–Crippen MR) is 73.5 cm³/mol. The lowest BCUT2D eigenvalue weighted by atomic mass is 9.93. The van der Waals surface area contributed by atoms with E-state index in [2.05, 4.69) is 11.9 Å². The zero-order chi connectivity index (χ0) is 13.4. The van der Waals surface area contributed by atoms with Crippen LogP contribution in [-0.2, 0) is 9.53 Å². The van der Waals surface area contributed by atoms with Crippen molar-refractivity contribution in [3.8, 4) is 0 Å². The summed E-state index contributed by atoms with van der Waals surface area (Å²) in [4.78, 5) is 11.9. The largest absolute Gasteiger partial charge is 0.465 e. The lowest BCUT2D eigenvalue weighted by Gasteiger charge is -2.23. The van der Waals surface area contributed by atoms with Crippen LogP contribution < -0.4 is 5.32 Å². The minimum atomic E-state index is -0.342. The van der Waals surface area contributed by atoms with E-state index >= 15 is 0 Å². The molecule has 3 nitrogen and oxygen atoms in total. The summed E-state index contributed by atoms with van der Waals surface area (Å²) in [5.74, 6) is -0.152. The van der Waals surface area contributed by atoms with Gasteiger partial charge in [-0.25, -0.2) is 0 Å². The van der Waals surface area contributed by atoms with Gasteiger partial charge in [0.05, 0.1) is 6.61 Å². The summed E-state index contributed by atoms with van der Waals surface area (Å²) in [5, 5.41) is 3.16. The topological polar surface area (TPSA) is 38.3 Å². The first-order valence-corrected chi connectivity index (χ1v) is 6.26. The van der Waals surface area contributed by atoms with Crippen molar-refractivity contribution in [3.63, 3.8) is 0 Å². The molecule has 0 heterocycles. The molecule has 1 rings (SSSR count). The highest BCUT2D eigenvalue weighted by Crippen LogP contribution is 2.19. The molecule has 2 atom stereocenters. The molecule has 98 valence electrons. The number of benzene rings is 1. The Kier molecular flexibility index (Phi) is 6.15. The zero-order valence-corrected chi connectivity index (χ0v) is 11.1. The molecule has 0 saturated carbocycles. The molecule has 18 heavy (non-hydrogen) atoms. The predicted octanol–water partition coefficient (Wildman–Crippen LogP) is 2.50. The molecule has 0 aliphatic rings. The van der Waals surface area contributed by atoms with Gasteiger partial charge in [0.2, 0.25) is 0 Å². The molecule has 1 aromatic carbocycles. The molecule has 0 saturated heterocycles. The average molecular weight is 247 g/mol. The van der Waals surface area contributed by atoms with E-state index in [1.165, 1.54) is 0 Å². The van der Waals surface area contributed by atoms with Crippen molar-refractivity contribution >= 4 is 5.97 Å². The lowest BCUT2D eigenvalue weighted by molar-refractivity contribution is -0.146. The van der Waals surface area contributed by atoms with Crippen molar-refractivity contribution in [3.05, 3.63) is 48.6 Å². The molecular weight excluding hydrogens is 226 g/mol. The molecule has 1 aromatic rings. The van der Waals surface area contributed by atoms with Gasteiger partial charge in [-0.05, 0) is 12.5 Å². The van der Waals surface area contributed by atoms with Gasteiger partial charge in [-0.15, -0.1) is 6.58 Å². The Morgan fingerprint density at radius 3 is 2.67 bits per heavy atom. The summed E-state index contributed by atoms with van der Waals surface area (Å²) in [6, 6.07) is 9.61. The summed E-state index contributed by atoms with van der Waals surface area (Å²) >= 11 is 0. The molecule has 2 unspecified atom stereocenters. The third-order valence-corrected chi connectivity index (χ3v) is 2.85. The van der Waals surface area contributed by atoms with Gasteiger partial charge < -0.3 is 10.1 Å². The van der Waals surface area contributed by atoms with E-state index in [-0.39, 0.29) is 17.9 Å². The Morgan fingerprint density at radius 2 is 2.11 bits per heavy atom. The summed E-state index contributed by atoms with van der Waals surface area (Å²) in [5.41, 5.74) is 1.12. The summed E-state index contributed by atoms with van der Waals surface area (Å²) in [7, 11) is 0. The van der Waals surface area contributed by atoms with Crippen LogP contribution in [0.3, 0.4) is 0 Å². The van der Waals surface area contributed by atoms with Gasteiger partial charge in [0.15, 0.2) is 0 Å². The molecule has 0 amide bonds. The normalized spacial score (nSPS) is 13.7. The summed E-state index contributed by atoms with van der Waals surface area (Å²) in [6.07, 6.45) is 1.74. The van der Waals surface area contributed by atoms with E-state index in [1.807, 2.05) is 44.2 Å². The van der Waals surface area contributed by atoms with Crippen molar-refractivity contribution in [1.82, 2.24) is 5.32 Å². The van der Waals surface area contributed by atoms with Crippen LogP contribution in [0.25, 0.3) is 0 Å². The minimum Gasteiger partial charge on any atom is -0.465 e. The van der Waals surface area contributed by atoms with E-state index in [1.54, 1.807) is 6.08 Å². The van der Waals surface area contributed by atoms with Gasteiger partial charge in [0.1, 0.15) is 6.04 Å². The molecule has 0 aliphatic heterocycles. The van der Waals surface area contributed by atoms with Crippen LogP contribution in [0.5, 0.6) is 0 Å². The van der Waals surface area contributed by atoms with Crippen LogP contribution in [-0.4, -0.2) is 25.2 Å². The van der Waals surface area contributed by atoms with Crippen LogP contribution in [0, 0.1) is 0 Å². The van der Waals surface area contributed by atoms with Crippen molar-refractivity contribution < 1.29 is 9.53 Å². The molecule has 0 aromatic heterocycles. The highest BCUT2D eigenvalue weighted by atomic mass is 16.5. The average Bonchev–Trinajstić information content (AvgIpc) is 2.40. The SMILES string of the molecule is C=CCNC(C(=O)OCC)C(C)c1ccccc1. The molecule has 0 bridgehead atoms. The molecule has 0 radical (unpaired) electrons. The quantitative estimate of drug-likeness (QED) is 0.594. The minimum absolute atomic E-state index is 0.0604. The smallest absolute Gasteiger partial charge is 0.323 e. The third kappa shape index (κ3) is 4.00. The van der Waals surface area contributed by atoms with Gasteiger partial charge in [-0.3, -0.25) is 4.79 Å². The van der Waals surface area contributed by atoms with Crippen LogP contribution >= 0.6 is 0 Å². The Bertz CT molecular complexity index is 375. The number of carbonyl (C=O) groups excluding carboxylic acids is 1. The number of carbonyl (C=O) groups is 1. The second-order valence-corrected chi connectivity index (χ2v) is 4.13. The van der Waals surface area contributed by atoms with E-state index < -0.39 is 0 Å². The molecule has 3 heteroatoms. The second-order valence-electron chi connectivity index (χ2n) is 4.13. The first-order valence-electron chi connectivity index (χ1n) is 6.26. The first-order chi connectivity index (χ1) is 8.70. The molecule has 0 fully saturated rings. The summed E-state index contributed by atoms with van der Waals surface area (Å²) < 4.78 is 5.11. The highest BCUT2D eigenvalue weighted by molar-refractivity contribution is 5.77. The Hall–Kier alpha value is -1.61. The van der Waals surface area contributed by atoms with Crippen molar-refractivity contribution in [2.45, 2.75) is 25.8 Å². The number of hydrogen-bond donors (Lipinski definition) is 1. The van der Waals surface area contributed by atoms with Crippen molar-refractivity contribution in [1.29, 1.82) is 0 Å². The highest BCUT2D eigenvalue weighted by Gasteiger charge is 2.26. The Balaban J connectivity index is 2.81. The fourth-order valence-electron chi connectivity index (χ4n) is 1.86. The van der Waals surface area contributed by atoms with E-state index in [9.17, 15) is 4.79 Å². The Morgan fingerprint density at radius 1 is 1.44 bits per heavy atom. The maximum Gasteiger partial charge on any atom is 0.323 e. The van der Waals surface area contributed by atoms with Gasteiger partial charge in [0, 0.05) is 12.5 Å². The van der Waals surface area contributed by atoms with Gasteiger partial charge >= 0.3 is 5.97 Å². The molecule has 1 N–H and O–H groups in total. The molecular formula is C15H21NO2. The standard InChI is InChI=1S/C15H21NO2/c1-4-11-16-14(15(17)18-5-2)12(3)13-9-7-6-8-10-13/h4,6-10,12,14,16H,1,5,11H2,2-3H3. The number of esters is 1. The van der Waals surface area contributed by atoms with Gasteiger partial charge in [0.25, 0.3) is 0 Å². The Labute approximate surface area is 109 Å². The number of ether oxygens (including phenoxy) is 1. The lowest BCUT2D eigenvalue weighted by Crippen LogP contribution is -2.42. The number of rotatable bonds is 7. The van der Waals surface area contributed by atoms with Gasteiger partial charge in [-0.1, -0.05) is 43.3 Å². The van der Waals surface area contributed by atoms with E-state index in [4.69, 9.17) is 4.74 Å². The molecule has 0 aliphatic carbocycles. The monoisotopic (exact) mass is 247 g/mol. The maximum absolute atomic E-state index is 11.9. The maximum atomic E-state index is 11.9. The van der Waals surface area contributed by atoms with E-state index in [0.717, 1.165) is 5.56 Å². The van der Waals surface area contributed by atoms with Crippen molar-refractivity contribution in [2.75, 3.05) is 13.2 Å². The summed E-state index contributed by atoms with van der Waals surface area (Å²) in [6.45, 7) is 8.47. The fraction of sp³-hybridized carbons (Fsp3) is 0.400. The number of hydrogen-bond acceptors (Lipinski definition) is 3. The van der Waals surface area contributed by atoms with Crippen LogP contribution in [0.2, 0.25) is 0 Å². The van der Waals surface area contributed by atoms with Crippen LogP contribution in [0.4, 0.5) is 0 Å². The van der Waals surface area contributed by atoms with Crippen molar-refractivity contribution in [2.24, 2.45) is 0 Å². The fourth-order valence-corrected chi connectivity index (χ4v) is 1.86. The zero-order valence-electron chi connectivity index (χ0n) is 11.1. The third-order valence-electron chi connectivity index (χ3n) is 2.85. The van der Waals surface area contributed by atoms with Gasteiger partial charge in [-0.2, -0.15) is 0 Å². The molecule has 0 spiro atoms. The second kappa shape index (κ2) is 7.67. The van der Waals surface area contributed by atoms with Crippen LogP contribution in [0.15, 0.2) is 43.0 Å².